The van der Waals surface area contributed by atoms with Crippen molar-refractivity contribution in [3.8, 4) is 0 Å². The fourth-order valence-electron chi connectivity index (χ4n) is 1.62. The number of amides is 3. The number of piperidine rings is 1. The smallest absolute Gasteiger partial charge is 0.255 e. The van der Waals surface area contributed by atoms with Crippen molar-refractivity contribution in [1.82, 2.24) is 10.6 Å². The van der Waals surface area contributed by atoms with Crippen LogP contribution < -0.4 is 16.4 Å². The second-order valence-corrected chi connectivity index (χ2v) is 4.84. The van der Waals surface area contributed by atoms with Crippen LogP contribution in [-0.4, -0.2) is 23.8 Å². The second-order valence-electron chi connectivity index (χ2n) is 3.81. The topological polar surface area (TPSA) is 101 Å². The van der Waals surface area contributed by atoms with Crippen molar-refractivity contribution < 1.29 is 18.8 Å². The highest BCUT2D eigenvalue weighted by molar-refractivity contribution is 7.14. The van der Waals surface area contributed by atoms with Crippen LogP contribution in [0.5, 0.6) is 0 Å². The number of halogens is 1. The van der Waals surface area contributed by atoms with E-state index in [0.29, 0.717) is 11.3 Å². The van der Waals surface area contributed by atoms with Gasteiger partial charge in [0.15, 0.2) is 5.13 Å². The molecule has 0 saturated carbocycles. The molecule has 1 unspecified atom stereocenters. The van der Waals surface area contributed by atoms with Gasteiger partial charge in [-0.05, 0) is 6.42 Å². The number of imide groups is 1. The molecule has 1 aromatic heterocycles. The van der Waals surface area contributed by atoms with E-state index in [9.17, 15) is 18.8 Å². The number of hydrogen-bond acceptors (Lipinski definition) is 5. The first kappa shape index (κ1) is 12.5. The monoisotopic (exact) mass is 271 g/mol. The number of rotatable bonds is 2. The lowest BCUT2D eigenvalue weighted by Gasteiger charge is -2.21. The van der Waals surface area contributed by atoms with E-state index in [2.05, 4.69) is 10.6 Å². The normalized spacial score (nSPS) is 19.5. The molecule has 1 atom stereocenters. The van der Waals surface area contributed by atoms with Crippen LogP contribution in [0.15, 0.2) is 6.07 Å². The quantitative estimate of drug-likeness (QED) is 0.659. The highest BCUT2D eigenvalue weighted by Crippen LogP contribution is 2.23. The highest BCUT2D eigenvalue weighted by atomic mass is 32.1. The number of thiophene rings is 1. The minimum absolute atomic E-state index is 0.00204. The first-order chi connectivity index (χ1) is 8.47. The van der Waals surface area contributed by atoms with Crippen LogP contribution in [0.4, 0.5) is 9.39 Å². The molecule has 1 aliphatic rings. The number of carbonyl (C=O) groups is 3. The summed E-state index contributed by atoms with van der Waals surface area (Å²) in [6.07, 6.45) is 0.382. The maximum atomic E-state index is 12.9. The van der Waals surface area contributed by atoms with E-state index in [1.807, 2.05) is 0 Å². The minimum atomic E-state index is -0.794. The third kappa shape index (κ3) is 2.48. The number of carbonyl (C=O) groups excluding carboxylic acids is 3. The first-order valence-electron chi connectivity index (χ1n) is 5.16. The molecule has 6 nitrogen and oxygen atoms in total. The van der Waals surface area contributed by atoms with Crippen LogP contribution >= 0.6 is 11.3 Å². The Kier molecular flexibility index (Phi) is 3.28. The zero-order valence-corrected chi connectivity index (χ0v) is 9.97. The second kappa shape index (κ2) is 4.73. The summed E-state index contributed by atoms with van der Waals surface area (Å²) < 4.78 is 12.9. The molecule has 2 heterocycles. The Hall–Kier alpha value is -1.96. The molecule has 1 aliphatic heterocycles. The van der Waals surface area contributed by atoms with Crippen molar-refractivity contribution >= 4 is 34.1 Å². The van der Waals surface area contributed by atoms with Gasteiger partial charge in [0.25, 0.3) is 5.91 Å². The number of nitrogen functional groups attached to an aromatic ring is 1. The van der Waals surface area contributed by atoms with Crippen molar-refractivity contribution in [2.75, 3.05) is 5.73 Å². The average Bonchev–Trinajstić information content (AvgIpc) is 2.62. The molecule has 3 amide bonds. The zero-order chi connectivity index (χ0) is 13.3. The maximum absolute atomic E-state index is 12.9. The molecule has 4 N–H and O–H groups in total. The summed E-state index contributed by atoms with van der Waals surface area (Å²) in [6.45, 7) is 0. The van der Waals surface area contributed by atoms with Gasteiger partial charge in [-0.1, -0.05) is 11.3 Å². The van der Waals surface area contributed by atoms with E-state index in [-0.39, 0.29) is 29.3 Å². The van der Waals surface area contributed by atoms with Gasteiger partial charge in [0.05, 0.1) is 5.56 Å². The third-order valence-corrected chi connectivity index (χ3v) is 3.27. The number of anilines is 1. The van der Waals surface area contributed by atoms with E-state index >= 15 is 0 Å². The van der Waals surface area contributed by atoms with E-state index in [1.165, 1.54) is 0 Å². The van der Waals surface area contributed by atoms with E-state index < -0.39 is 23.0 Å². The maximum Gasteiger partial charge on any atom is 0.255 e. The molecule has 0 radical (unpaired) electrons. The molecule has 8 heteroatoms. The van der Waals surface area contributed by atoms with Gasteiger partial charge < -0.3 is 11.1 Å². The van der Waals surface area contributed by atoms with Crippen LogP contribution in [-0.2, 0) is 9.59 Å². The predicted molar refractivity (Wildman–Crippen MR) is 62.3 cm³/mol. The predicted octanol–water partition coefficient (Wildman–Crippen LogP) is 0.00440. The number of nitrogens with one attached hydrogen (secondary N) is 2. The van der Waals surface area contributed by atoms with Crippen molar-refractivity contribution in [1.29, 1.82) is 0 Å². The van der Waals surface area contributed by atoms with Crippen LogP contribution in [0.1, 0.15) is 23.2 Å². The van der Waals surface area contributed by atoms with Crippen LogP contribution in [0.25, 0.3) is 0 Å². The summed E-state index contributed by atoms with van der Waals surface area (Å²) in [5, 5.41) is 4.01. The molecule has 1 aromatic rings. The summed E-state index contributed by atoms with van der Waals surface area (Å²) in [5.41, 5.74) is 5.47. The van der Waals surface area contributed by atoms with E-state index in [0.717, 1.165) is 6.07 Å². The van der Waals surface area contributed by atoms with Gasteiger partial charge in [-0.25, -0.2) is 0 Å². The molecular formula is C10H10FN3O3S. The van der Waals surface area contributed by atoms with Crippen molar-refractivity contribution in [3.05, 3.63) is 16.8 Å². The Balaban J connectivity index is 2.06. The fraction of sp³-hybridized carbons (Fsp3) is 0.300. The van der Waals surface area contributed by atoms with Crippen LogP contribution in [0, 0.1) is 5.13 Å². The zero-order valence-electron chi connectivity index (χ0n) is 9.16. The molecule has 0 bridgehead atoms. The molecular weight excluding hydrogens is 261 g/mol. The van der Waals surface area contributed by atoms with Crippen LogP contribution in [0.3, 0.4) is 0 Å². The molecule has 0 aliphatic carbocycles. The van der Waals surface area contributed by atoms with Gasteiger partial charge in [-0.3, -0.25) is 19.7 Å². The van der Waals surface area contributed by atoms with Crippen molar-refractivity contribution in [2.24, 2.45) is 0 Å². The summed E-state index contributed by atoms with van der Waals surface area (Å²) in [6, 6.07) is 0.221. The molecule has 96 valence electrons. The summed E-state index contributed by atoms with van der Waals surface area (Å²) in [5.74, 6) is -1.55. The first-order valence-corrected chi connectivity index (χ1v) is 5.98. The van der Waals surface area contributed by atoms with Crippen molar-refractivity contribution in [3.63, 3.8) is 0 Å². The summed E-state index contributed by atoms with van der Waals surface area (Å²) >= 11 is 0.656. The Morgan fingerprint density at radius 1 is 1.56 bits per heavy atom. The standard InChI is InChI=1S/C10H10FN3O3S/c11-6-3-4(8(12)18-6)9(16)13-5-1-2-7(15)14-10(5)17/h3,5H,1-2,12H2,(H,13,16)(H,14,15,17). The fourth-order valence-corrected chi connectivity index (χ4v) is 2.27. The lowest BCUT2D eigenvalue weighted by Crippen LogP contribution is -2.52. The third-order valence-electron chi connectivity index (χ3n) is 2.52. The highest BCUT2D eigenvalue weighted by Gasteiger charge is 2.28. The molecule has 1 saturated heterocycles. The van der Waals surface area contributed by atoms with Crippen molar-refractivity contribution in [2.45, 2.75) is 18.9 Å². The minimum Gasteiger partial charge on any atom is -0.390 e. The molecule has 2 rings (SSSR count). The Bertz CT molecular complexity index is 528. The number of nitrogens with two attached hydrogens (primary N) is 1. The molecule has 1 fully saturated rings. The Morgan fingerprint density at radius 2 is 2.28 bits per heavy atom. The lowest BCUT2D eigenvalue weighted by atomic mass is 10.1. The van der Waals surface area contributed by atoms with Gasteiger partial charge in [0.1, 0.15) is 11.0 Å². The summed E-state index contributed by atoms with van der Waals surface area (Å²) in [7, 11) is 0. The van der Waals surface area contributed by atoms with Gasteiger partial charge in [-0.2, -0.15) is 4.39 Å². The molecule has 18 heavy (non-hydrogen) atoms. The summed E-state index contributed by atoms with van der Waals surface area (Å²) in [4.78, 5) is 34.1. The Morgan fingerprint density at radius 3 is 2.83 bits per heavy atom. The number of hydrogen-bond donors (Lipinski definition) is 3. The van der Waals surface area contributed by atoms with E-state index in [1.54, 1.807) is 0 Å². The SMILES string of the molecule is Nc1sc(F)cc1C(=O)NC1CCC(=O)NC1=O. The van der Waals surface area contributed by atoms with E-state index in [4.69, 9.17) is 5.73 Å². The van der Waals surface area contributed by atoms with Gasteiger partial charge in [0.2, 0.25) is 11.8 Å². The lowest BCUT2D eigenvalue weighted by molar-refractivity contribution is -0.134. The Labute approximate surface area is 105 Å². The van der Waals surface area contributed by atoms with Gasteiger partial charge >= 0.3 is 0 Å². The van der Waals surface area contributed by atoms with Gasteiger partial charge in [-0.15, -0.1) is 0 Å². The van der Waals surface area contributed by atoms with Crippen LogP contribution in [0.2, 0.25) is 0 Å². The molecule has 0 spiro atoms. The average molecular weight is 271 g/mol. The van der Waals surface area contributed by atoms with Gasteiger partial charge in [0, 0.05) is 12.5 Å². The largest absolute Gasteiger partial charge is 0.390 e. The molecule has 0 aromatic carbocycles.